The standard InChI is InChI=1S/C10H10FNO2/c11-7-3-1-2-6(4-7)8-5-10(8,12)9(13)14/h1-4,8H,5,12H2,(H,13,14)/t8-,10+/m0/s1. The first-order valence-corrected chi connectivity index (χ1v) is 4.32. The van der Waals surface area contributed by atoms with Gasteiger partial charge in [0.05, 0.1) is 0 Å². The Balaban J connectivity index is 2.25. The topological polar surface area (TPSA) is 63.3 Å². The number of hydrogen-bond donors (Lipinski definition) is 2. The fraction of sp³-hybridized carbons (Fsp3) is 0.300. The number of nitrogens with two attached hydrogens (primary N) is 1. The van der Waals surface area contributed by atoms with Crippen LogP contribution in [0.2, 0.25) is 0 Å². The van der Waals surface area contributed by atoms with E-state index in [1.165, 1.54) is 12.1 Å². The Morgan fingerprint density at radius 1 is 1.64 bits per heavy atom. The summed E-state index contributed by atoms with van der Waals surface area (Å²) in [4.78, 5) is 10.7. The third kappa shape index (κ3) is 1.28. The second-order valence-corrected chi connectivity index (χ2v) is 3.66. The van der Waals surface area contributed by atoms with E-state index in [1.807, 2.05) is 0 Å². The average molecular weight is 195 g/mol. The van der Waals surface area contributed by atoms with Crippen molar-refractivity contribution < 1.29 is 14.3 Å². The van der Waals surface area contributed by atoms with Gasteiger partial charge in [0.25, 0.3) is 0 Å². The van der Waals surface area contributed by atoms with E-state index in [0.29, 0.717) is 12.0 Å². The molecule has 3 nitrogen and oxygen atoms in total. The van der Waals surface area contributed by atoms with Crippen molar-refractivity contribution in [1.82, 2.24) is 0 Å². The third-order valence-corrected chi connectivity index (χ3v) is 2.65. The summed E-state index contributed by atoms with van der Waals surface area (Å²) in [5.41, 5.74) is 5.07. The van der Waals surface area contributed by atoms with E-state index in [0.717, 1.165) is 0 Å². The largest absolute Gasteiger partial charge is 0.480 e. The molecule has 14 heavy (non-hydrogen) atoms. The van der Waals surface area contributed by atoms with Crippen molar-refractivity contribution in [1.29, 1.82) is 0 Å². The Hall–Kier alpha value is -1.42. The average Bonchev–Trinajstić information content (AvgIpc) is 2.80. The van der Waals surface area contributed by atoms with Crippen LogP contribution in [-0.2, 0) is 4.79 Å². The molecule has 1 saturated carbocycles. The van der Waals surface area contributed by atoms with Crippen molar-refractivity contribution in [2.24, 2.45) is 5.73 Å². The molecule has 0 amide bonds. The van der Waals surface area contributed by atoms with Crippen LogP contribution in [0, 0.1) is 5.82 Å². The number of benzene rings is 1. The molecule has 1 fully saturated rings. The zero-order valence-corrected chi connectivity index (χ0v) is 7.40. The summed E-state index contributed by atoms with van der Waals surface area (Å²) in [5, 5.41) is 8.79. The number of aliphatic carboxylic acids is 1. The summed E-state index contributed by atoms with van der Waals surface area (Å²) in [5.74, 6) is -1.63. The van der Waals surface area contributed by atoms with Gasteiger partial charge >= 0.3 is 5.97 Å². The molecule has 1 aliphatic rings. The fourth-order valence-electron chi connectivity index (χ4n) is 1.65. The molecular weight excluding hydrogens is 185 g/mol. The minimum absolute atomic E-state index is 0.254. The maximum atomic E-state index is 12.8. The van der Waals surface area contributed by atoms with Crippen molar-refractivity contribution in [3.05, 3.63) is 35.6 Å². The number of carbonyl (C=O) groups is 1. The molecular formula is C10H10FNO2. The monoisotopic (exact) mass is 195 g/mol. The number of halogens is 1. The minimum atomic E-state index is -1.19. The molecule has 0 bridgehead atoms. The molecule has 4 heteroatoms. The molecule has 2 rings (SSSR count). The van der Waals surface area contributed by atoms with Gasteiger partial charge in [-0.2, -0.15) is 0 Å². The summed E-state index contributed by atoms with van der Waals surface area (Å²) in [6, 6.07) is 5.92. The molecule has 3 N–H and O–H groups in total. The number of carboxylic acids is 1. The second kappa shape index (κ2) is 2.78. The maximum absolute atomic E-state index is 12.8. The fourth-order valence-corrected chi connectivity index (χ4v) is 1.65. The molecule has 0 aromatic heterocycles. The highest BCUT2D eigenvalue weighted by Crippen LogP contribution is 2.49. The lowest BCUT2D eigenvalue weighted by Crippen LogP contribution is -2.34. The van der Waals surface area contributed by atoms with E-state index in [4.69, 9.17) is 10.8 Å². The van der Waals surface area contributed by atoms with Crippen molar-refractivity contribution in [3.8, 4) is 0 Å². The van der Waals surface area contributed by atoms with Crippen LogP contribution >= 0.6 is 0 Å². The first kappa shape index (κ1) is 9.15. The quantitative estimate of drug-likeness (QED) is 0.742. The summed E-state index contributed by atoms with van der Waals surface area (Å²) in [7, 11) is 0. The van der Waals surface area contributed by atoms with E-state index >= 15 is 0 Å². The minimum Gasteiger partial charge on any atom is -0.480 e. The van der Waals surface area contributed by atoms with Gasteiger partial charge in [0.15, 0.2) is 0 Å². The molecule has 0 aliphatic heterocycles. The first-order chi connectivity index (χ1) is 6.54. The van der Waals surface area contributed by atoms with Crippen LogP contribution in [0.5, 0.6) is 0 Å². The lowest BCUT2D eigenvalue weighted by Gasteiger charge is -2.04. The predicted molar refractivity (Wildman–Crippen MR) is 48.3 cm³/mol. The van der Waals surface area contributed by atoms with Gasteiger partial charge in [-0.05, 0) is 24.1 Å². The highest BCUT2D eigenvalue weighted by Gasteiger charge is 2.58. The smallest absolute Gasteiger partial charge is 0.324 e. The van der Waals surface area contributed by atoms with E-state index in [1.54, 1.807) is 12.1 Å². The van der Waals surface area contributed by atoms with Crippen LogP contribution in [0.3, 0.4) is 0 Å². The summed E-state index contributed by atoms with van der Waals surface area (Å²) < 4.78 is 12.8. The van der Waals surface area contributed by atoms with Crippen molar-refractivity contribution in [2.45, 2.75) is 17.9 Å². The molecule has 0 spiro atoms. The van der Waals surface area contributed by atoms with Gasteiger partial charge in [0, 0.05) is 5.92 Å². The van der Waals surface area contributed by atoms with E-state index in [2.05, 4.69) is 0 Å². The number of rotatable bonds is 2. The number of carboxylic acid groups (broad SMARTS) is 1. The van der Waals surface area contributed by atoms with Crippen LogP contribution in [0.4, 0.5) is 4.39 Å². The van der Waals surface area contributed by atoms with Crippen LogP contribution in [0.15, 0.2) is 24.3 Å². The second-order valence-electron chi connectivity index (χ2n) is 3.66. The molecule has 0 unspecified atom stereocenters. The summed E-state index contributed by atoms with van der Waals surface area (Å²) >= 11 is 0. The van der Waals surface area contributed by atoms with E-state index in [9.17, 15) is 9.18 Å². The van der Waals surface area contributed by atoms with E-state index in [-0.39, 0.29) is 11.7 Å². The molecule has 74 valence electrons. The van der Waals surface area contributed by atoms with Crippen molar-refractivity contribution in [2.75, 3.05) is 0 Å². The van der Waals surface area contributed by atoms with Gasteiger partial charge in [0.1, 0.15) is 11.4 Å². The lowest BCUT2D eigenvalue weighted by molar-refractivity contribution is -0.139. The normalized spacial score (nSPS) is 30.0. The zero-order chi connectivity index (χ0) is 10.3. The highest BCUT2D eigenvalue weighted by molar-refractivity contribution is 5.84. The highest BCUT2D eigenvalue weighted by atomic mass is 19.1. The van der Waals surface area contributed by atoms with Crippen molar-refractivity contribution in [3.63, 3.8) is 0 Å². The predicted octanol–water partition coefficient (Wildman–Crippen LogP) is 1.10. The molecule has 2 atom stereocenters. The molecule has 0 radical (unpaired) electrons. The third-order valence-electron chi connectivity index (χ3n) is 2.65. The summed E-state index contributed by atoms with van der Waals surface area (Å²) in [6.45, 7) is 0. The Labute approximate surface area is 80.3 Å². The molecule has 0 heterocycles. The van der Waals surface area contributed by atoms with Gasteiger partial charge in [-0.15, -0.1) is 0 Å². The van der Waals surface area contributed by atoms with E-state index < -0.39 is 11.5 Å². The lowest BCUT2D eigenvalue weighted by atomic mass is 10.1. The van der Waals surface area contributed by atoms with Gasteiger partial charge in [-0.3, -0.25) is 4.79 Å². The van der Waals surface area contributed by atoms with Gasteiger partial charge < -0.3 is 10.8 Å². The molecule has 1 aliphatic carbocycles. The van der Waals surface area contributed by atoms with Gasteiger partial charge in [0.2, 0.25) is 0 Å². The Morgan fingerprint density at radius 2 is 2.36 bits per heavy atom. The Morgan fingerprint density at radius 3 is 2.86 bits per heavy atom. The number of hydrogen-bond acceptors (Lipinski definition) is 2. The SMILES string of the molecule is N[C@]1(C(=O)O)C[C@H]1c1cccc(F)c1. The van der Waals surface area contributed by atoms with Crippen LogP contribution in [-0.4, -0.2) is 16.6 Å². The van der Waals surface area contributed by atoms with Crippen LogP contribution in [0.25, 0.3) is 0 Å². The maximum Gasteiger partial charge on any atom is 0.324 e. The van der Waals surface area contributed by atoms with Crippen LogP contribution in [0.1, 0.15) is 17.9 Å². The molecule has 1 aromatic rings. The first-order valence-electron chi connectivity index (χ1n) is 4.32. The molecule has 1 aromatic carbocycles. The van der Waals surface area contributed by atoms with Crippen molar-refractivity contribution >= 4 is 5.97 Å². The zero-order valence-electron chi connectivity index (χ0n) is 7.40. The Kier molecular flexibility index (Phi) is 1.82. The summed E-state index contributed by atoms with van der Waals surface area (Å²) in [6.07, 6.45) is 0.381. The van der Waals surface area contributed by atoms with Crippen LogP contribution < -0.4 is 5.73 Å². The van der Waals surface area contributed by atoms with Gasteiger partial charge in [-0.25, -0.2) is 4.39 Å². The van der Waals surface area contributed by atoms with Gasteiger partial charge in [-0.1, -0.05) is 12.1 Å². The Bertz CT molecular complexity index is 393. The molecule has 0 saturated heterocycles.